The van der Waals surface area contributed by atoms with E-state index in [1.165, 1.54) is 9.75 Å². The molecular weight excluding hydrogens is 245 g/mol. The number of benzene rings is 1. The summed E-state index contributed by atoms with van der Waals surface area (Å²) < 4.78 is 14.2. The van der Waals surface area contributed by atoms with Crippen LogP contribution in [0.5, 0.6) is 0 Å². The smallest absolute Gasteiger partial charge is 0.131 e. The first kappa shape index (κ1) is 13.2. The summed E-state index contributed by atoms with van der Waals surface area (Å²) in [4.78, 5) is 2.50. The molecule has 18 heavy (non-hydrogen) atoms. The lowest BCUT2D eigenvalue weighted by Crippen LogP contribution is -2.18. The molecule has 0 aliphatic rings. The molecule has 96 valence electrons. The number of thiophene rings is 1. The van der Waals surface area contributed by atoms with Gasteiger partial charge in [0.15, 0.2) is 0 Å². The second-order valence-corrected chi connectivity index (χ2v) is 5.56. The zero-order valence-electron chi connectivity index (χ0n) is 11.0. The van der Waals surface area contributed by atoms with E-state index in [-0.39, 0.29) is 11.9 Å². The molecular formula is C15H18FNS. The molecule has 0 saturated carbocycles. The van der Waals surface area contributed by atoms with Crippen molar-refractivity contribution in [3.05, 3.63) is 57.0 Å². The van der Waals surface area contributed by atoms with Crippen LogP contribution in [0.3, 0.4) is 0 Å². The molecule has 1 nitrogen and oxygen atoms in total. The molecule has 0 spiro atoms. The zero-order chi connectivity index (χ0) is 13.1. The fraction of sp³-hybridized carbons (Fsp3) is 0.333. The van der Waals surface area contributed by atoms with Gasteiger partial charge in [-0.3, -0.25) is 0 Å². The van der Waals surface area contributed by atoms with Crippen LogP contribution in [0.15, 0.2) is 30.3 Å². The van der Waals surface area contributed by atoms with Crippen molar-refractivity contribution >= 4 is 11.3 Å². The predicted octanol–water partition coefficient (Wildman–Crippen LogP) is 4.07. The lowest BCUT2D eigenvalue weighted by molar-refractivity contribution is 0.572. The summed E-state index contributed by atoms with van der Waals surface area (Å²) in [5.41, 5.74) is 1.42. The van der Waals surface area contributed by atoms with Crippen LogP contribution in [0.25, 0.3) is 0 Å². The Labute approximate surface area is 112 Å². The van der Waals surface area contributed by atoms with Gasteiger partial charge in [0, 0.05) is 15.3 Å². The zero-order valence-corrected chi connectivity index (χ0v) is 11.8. The average molecular weight is 263 g/mol. The first-order valence-electron chi connectivity index (χ1n) is 6.18. The Morgan fingerprint density at radius 2 is 2.06 bits per heavy atom. The monoisotopic (exact) mass is 263 g/mol. The first-order valence-corrected chi connectivity index (χ1v) is 7.00. The van der Waals surface area contributed by atoms with Crippen LogP contribution in [-0.4, -0.2) is 7.05 Å². The van der Waals surface area contributed by atoms with Crippen LogP contribution in [-0.2, 0) is 6.42 Å². The summed E-state index contributed by atoms with van der Waals surface area (Å²) in [7, 11) is 1.87. The van der Waals surface area contributed by atoms with Gasteiger partial charge in [-0.1, -0.05) is 25.1 Å². The minimum Gasteiger partial charge on any atom is -0.309 e. The quantitative estimate of drug-likeness (QED) is 0.877. The topological polar surface area (TPSA) is 12.0 Å². The Hall–Kier alpha value is -1.19. The molecule has 2 rings (SSSR count). The second-order valence-electron chi connectivity index (χ2n) is 4.36. The highest BCUT2D eigenvalue weighted by atomic mass is 32.1. The van der Waals surface area contributed by atoms with Crippen LogP contribution >= 0.6 is 11.3 Å². The van der Waals surface area contributed by atoms with Crippen molar-refractivity contribution in [3.63, 3.8) is 0 Å². The van der Waals surface area contributed by atoms with Crippen molar-refractivity contribution in [3.8, 4) is 0 Å². The molecule has 1 unspecified atom stereocenters. The van der Waals surface area contributed by atoms with Gasteiger partial charge < -0.3 is 5.32 Å². The van der Waals surface area contributed by atoms with Gasteiger partial charge in [-0.2, -0.15) is 0 Å². The first-order chi connectivity index (χ1) is 8.67. The van der Waals surface area contributed by atoms with E-state index in [1.807, 2.05) is 19.2 Å². The molecule has 3 heteroatoms. The maximum Gasteiger partial charge on any atom is 0.131 e. The van der Waals surface area contributed by atoms with Crippen LogP contribution < -0.4 is 5.32 Å². The lowest BCUT2D eigenvalue weighted by atomic mass is 10.0. The van der Waals surface area contributed by atoms with Crippen LogP contribution in [0.1, 0.15) is 33.8 Å². The normalized spacial score (nSPS) is 12.7. The third kappa shape index (κ3) is 2.47. The van der Waals surface area contributed by atoms with E-state index in [9.17, 15) is 4.39 Å². The van der Waals surface area contributed by atoms with Crippen molar-refractivity contribution in [2.24, 2.45) is 0 Å². The van der Waals surface area contributed by atoms with E-state index in [1.54, 1.807) is 24.3 Å². The highest BCUT2D eigenvalue weighted by Crippen LogP contribution is 2.30. The van der Waals surface area contributed by atoms with E-state index >= 15 is 0 Å². The minimum atomic E-state index is -0.108. The molecule has 0 saturated heterocycles. The maximum absolute atomic E-state index is 14.2. The van der Waals surface area contributed by atoms with Crippen molar-refractivity contribution in [1.82, 2.24) is 5.32 Å². The lowest BCUT2D eigenvalue weighted by Gasteiger charge is -2.16. The molecule has 0 radical (unpaired) electrons. The SMILES string of the molecule is CCc1ccc(C(NC)c2cccc(C)c2F)s1. The molecule has 0 aliphatic heterocycles. The van der Waals surface area contributed by atoms with Gasteiger partial charge in [-0.25, -0.2) is 4.39 Å². The van der Waals surface area contributed by atoms with Crippen molar-refractivity contribution < 1.29 is 4.39 Å². The molecule has 2 aromatic rings. The number of hydrogen-bond acceptors (Lipinski definition) is 2. The molecule has 1 aromatic heterocycles. The molecule has 0 fully saturated rings. The number of hydrogen-bond donors (Lipinski definition) is 1. The van der Waals surface area contributed by atoms with E-state index in [0.717, 1.165) is 12.0 Å². The van der Waals surface area contributed by atoms with Crippen LogP contribution in [0, 0.1) is 12.7 Å². The van der Waals surface area contributed by atoms with E-state index in [0.29, 0.717) is 5.56 Å². The molecule has 0 aliphatic carbocycles. The standard InChI is InChI=1S/C15H18FNS/c1-4-11-8-9-13(18-11)15(17-3)12-7-5-6-10(2)14(12)16/h5-9,15,17H,4H2,1-3H3. The van der Waals surface area contributed by atoms with Crippen molar-refractivity contribution in [1.29, 1.82) is 0 Å². The Kier molecular flexibility index (Phi) is 4.15. The van der Waals surface area contributed by atoms with Crippen LogP contribution in [0.2, 0.25) is 0 Å². The van der Waals surface area contributed by atoms with E-state index in [4.69, 9.17) is 0 Å². The summed E-state index contributed by atoms with van der Waals surface area (Å²) in [5.74, 6) is -0.108. The number of nitrogens with one attached hydrogen (secondary N) is 1. The van der Waals surface area contributed by atoms with E-state index in [2.05, 4.69) is 24.4 Å². The van der Waals surface area contributed by atoms with E-state index < -0.39 is 0 Å². The van der Waals surface area contributed by atoms with Gasteiger partial charge in [0.2, 0.25) is 0 Å². The number of rotatable bonds is 4. The molecule has 1 atom stereocenters. The van der Waals surface area contributed by atoms with Gasteiger partial charge in [0.25, 0.3) is 0 Å². The maximum atomic E-state index is 14.2. The molecule has 1 N–H and O–H groups in total. The fourth-order valence-electron chi connectivity index (χ4n) is 2.08. The molecule has 1 aromatic carbocycles. The third-order valence-corrected chi connectivity index (χ3v) is 4.43. The summed E-state index contributed by atoms with van der Waals surface area (Å²) in [6.45, 7) is 3.94. The van der Waals surface area contributed by atoms with Crippen molar-refractivity contribution in [2.75, 3.05) is 7.05 Å². The van der Waals surface area contributed by atoms with Crippen LogP contribution in [0.4, 0.5) is 4.39 Å². The predicted molar refractivity (Wildman–Crippen MR) is 75.7 cm³/mol. The van der Waals surface area contributed by atoms with Gasteiger partial charge in [-0.15, -0.1) is 11.3 Å². The second kappa shape index (κ2) is 5.63. The summed E-state index contributed by atoms with van der Waals surface area (Å²) >= 11 is 1.75. The average Bonchev–Trinajstić information content (AvgIpc) is 2.84. The molecule has 1 heterocycles. The van der Waals surface area contributed by atoms with Gasteiger partial charge in [0.05, 0.1) is 6.04 Å². The minimum absolute atomic E-state index is 0.0600. The summed E-state index contributed by atoms with van der Waals surface area (Å²) in [5, 5.41) is 3.21. The highest BCUT2D eigenvalue weighted by Gasteiger charge is 2.18. The fourth-order valence-corrected chi connectivity index (χ4v) is 3.17. The van der Waals surface area contributed by atoms with Gasteiger partial charge in [0.1, 0.15) is 5.82 Å². The Morgan fingerprint density at radius 3 is 2.67 bits per heavy atom. The Balaban J connectivity index is 2.41. The highest BCUT2D eigenvalue weighted by molar-refractivity contribution is 7.12. The Morgan fingerprint density at radius 1 is 1.28 bits per heavy atom. The van der Waals surface area contributed by atoms with Gasteiger partial charge >= 0.3 is 0 Å². The van der Waals surface area contributed by atoms with Crippen molar-refractivity contribution in [2.45, 2.75) is 26.3 Å². The summed E-state index contributed by atoms with van der Waals surface area (Å²) in [6, 6.07) is 9.72. The largest absolute Gasteiger partial charge is 0.309 e. The Bertz CT molecular complexity index is 533. The summed E-state index contributed by atoms with van der Waals surface area (Å²) in [6.07, 6.45) is 1.03. The number of halogens is 1. The molecule has 0 amide bonds. The third-order valence-electron chi connectivity index (χ3n) is 3.14. The number of aryl methyl sites for hydroxylation is 2. The molecule has 0 bridgehead atoms. The van der Waals surface area contributed by atoms with Gasteiger partial charge in [-0.05, 0) is 38.1 Å².